The Morgan fingerprint density at radius 1 is 1.43 bits per heavy atom. The second-order valence-electron chi connectivity index (χ2n) is 5.13. The molecule has 0 saturated carbocycles. The number of rotatable bonds is 7. The molecule has 1 amide bonds. The summed E-state index contributed by atoms with van der Waals surface area (Å²) in [6, 6.07) is 7.79. The van der Waals surface area contributed by atoms with Crippen LogP contribution in [-0.2, 0) is 4.79 Å². The molecule has 3 N–H and O–H groups in total. The summed E-state index contributed by atoms with van der Waals surface area (Å²) in [4.78, 5) is 14.1. The molecule has 0 spiro atoms. The second kappa shape index (κ2) is 9.92. The van der Waals surface area contributed by atoms with Crippen molar-refractivity contribution in [1.29, 1.82) is 0 Å². The minimum absolute atomic E-state index is 0. The minimum atomic E-state index is -0.450. The first-order chi connectivity index (χ1) is 9.45. The van der Waals surface area contributed by atoms with E-state index in [2.05, 4.69) is 24.1 Å². The van der Waals surface area contributed by atoms with E-state index in [0.717, 1.165) is 17.1 Å². The Morgan fingerprint density at radius 2 is 2.10 bits per heavy atom. The standard InChI is InChI=1S/C15H25N3OS.ClH/c1-11(2)18(3)13-7-5-6-12(10-13)17-15(19)14(16)8-9-20-4;/h5-7,10-11,14H,8-9,16H2,1-4H3,(H,17,19);1H/t14-;/m0./s1. The van der Waals surface area contributed by atoms with Crippen molar-refractivity contribution < 1.29 is 4.79 Å². The first-order valence-electron chi connectivity index (χ1n) is 6.84. The molecule has 120 valence electrons. The van der Waals surface area contributed by atoms with Crippen LogP contribution in [0.4, 0.5) is 11.4 Å². The lowest BCUT2D eigenvalue weighted by Gasteiger charge is -2.24. The van der Waals surface area contributed by atoms with Gasteiger partial charge >= 0.3 is 0 Å². The monoisotopic (exact) mass is 331 g/mol. The number of thioether (sulfide) groups is 1. The fourth-order valence-electron chi connectivity index (χ4n) is 1.71. The number of amides is 1. The average Bonchev–Trinajstić information content (AvgIpc) is 2.43. The third-order valence-electron chi connectivity index (χ3n) is 3.27. The summed E-state index contributed by atoms with van der Waals surface area (Å²) in [5.41, 5.74) is 7.73. The quantitative estimate of drug-likeness (QED) is 0.806. The Bertz CT molecular complexity index is 443. The highest BCUT2D eigenvalue weighted by molar-refractivity contribution is 7.98. The number of benzene rings is 1. The number of nitrogens with zero attached hydrogens (tertiary/aromatic N) is 1. The normalized spacial score (nSPS) is 11.7. The van der Waals surface area contributed by atoms with Crippen LogP contribution in [0.5, 0.6) is 0 Å². The number of carbonyl (C=O) groups excluding carboxylic acids is 1. The fraction of sp³-hybridized carbons (Fsp3) is 0.533. The number of nitrogens with two attached hydrogens (primary N) is 1. The maximum absolute atomic E-state index is 12.0. The van der Waals surface area contributed by atoms with Crippen LogP contribution in [0.15, 0.2) is 24.3 Å². The molecule has 21 heavy (non-hydrogen) atoms. The van der Waals surface area contributed by atoms with Gasteiger partial charge in [-0.1, -0.05) is 6.07 Å². The molecule has 0 unspecified atom stereocenters. The molecule has 1 atom stereocenters. The van der Waals surface area contributed by atoms with Crippen molar-refractivity contribution in [3.8, 4) is 0 Å². The van der Waals surface area contributed by atoms with Gasteiger partial charge in [0.25, 0.3) is 0 Å². The number of hydrogen-bond donors (Lipinski definition) is 2. The van der Waals surface area contributed by atoms with Gasteiger partial charge in [-0.25, -0.2) is 0 Å². The highest BCUT2D eigenvalue weighted by Gasteiger charge is 2.13. The maximum Gasteiger partial charge on any atom is 0.241 e. The van der Waals surface area contributed by atoms with Crippen molar-refractivity contribution in [3.05, 3.63) is 24.3 Å². The van der Waals surface area contributed by atoms with Gasteiger partial charge in [-0.3, -0.25) is 4.79 Å². The summed E-state index contributed by atoms with van der Waals surface area (Å²) in [6.45, 7) is 4.26. The van der Waals surface area contributed by atoms with Crippen LogP contribution in [0.2, 0.25) is 0 Å². The van der Waals surface area contributed by atoms with Crippen LogP contribution in [0, 0.1) is 0 Å². The summed E-state index contributed by atoms with van der Waals surface area (Å²) in [6.07, 6.45) is 2.70. The zero-order chi connectivity index (χ0) is 15.1. The minimum Gasteiger partial charge on any atom is -0.372 e. The Balaban J connectivity index is 0.00000400. The zero-order valence-corrected chi connectivity index (χ0v) is 14.8. The van der Waals surface area contributed by atoms with Crippen molar-refractivity contribution in [2.45, 2.75) is 32.4 Å². The van der Waals surface area contributed by atoms with Crippen LogP contribution < -0.4 is 16.0 Å². The Hall–Kier alpha value is -0.910. The van der Waals surface area contributed by atoms with Crippen molar-refractivity contribution in [3.63, 3.8) is 0 Å². The summed E-state index contributed by atoms with van der Waals surface area (Å²) in [7, 11) is 2.04. The van der Waals surface area contributed by atoms with Crippen molar-refractivity contribution in [1.82, 2.24) is 0 Å². The van der Waals surface area contributed by atoms with E-state index in [1.807, 2.05) is 37.6 Å². The lowest BCUT2D eigenvalue weighted by atomic mass is 10.2. The molecule has 0 aromatic heterocycles. The van der Waals surface area contributed by atoms with Crippen molar-refractivity contribution in [2.24, 2.45) is 5.73 Å². The molecular formula is C15H26ClN3OS. The molecule has 0 aliphatic rings. The van der Waals surface area contributed by atoms with E-state index in [4.69, 9.17) is 5.73 Å². The van der Waals surface area contributed by atoms with Crippen molar-refractivity contribution >= 4 is 41.5 Å². The predicted molar refractivity (Wildman–Crippen MR) is 96.8 cm³/mol. The molecule has 0 saturated heterocycles. The van der Waals surface area contributed by atoms with E-state index >= 15 is 0 Å². The number of nitrogens with one attached hydrogen (secondary N) is 1. The summed E-state index contributed by atoms with van der Waals surface area (Å²) in [5.74, 6) is 0.772. The van der Waals surface area contributed by atoms with E-state index in [1.165, 1.54) is 0 Å². The Kier molecular flexibility index (Phi) is 9.49. The van der Waals surface area contributed by atoms with Crippen LogP contribution in [0.25, 0.3) is 0 Å². The maximum atomic E-state index is 12.0. The first kappa shape index (κ1) is 20.1. The summed E-state index contributed by atoms with van der Waals surface area (Å²) >= 11 is 1.70. The zero-order valence-electron chi connectivity index (χ0n) is 13.1. The molecular weight excluding hydrogens is 306 g/mol. The number of halogens is 1. The van der Waals surface area contributed by atoms with Gasteiger partial charge in [0.1, 0.15) is 0 Å². The summed E-state index contributed by atoms with van der Waals surface area (Å²) < 4.78 is 0. The molecule has 1 rings (SSSR count). The Labute approximate surface area is 138 Å². The molecule has 0 aliphatic carbocycles. The molecule has 0 heterocycles. The van der Waals surface area contributed by atoms with Gasteiger partial charge < -0.3 is 16.0 Å². The molecule has 6 heteroatoms. The van der Waals surface area contributed by atoms with E-state index < -0.39 is 6.04 Å². The van der Waals surface area contributed by atoms with Crippen LogP contribution in [0.3, 0.4) is 0 Å². The smallest absolute Gasteiger partial charge is 0.241 e. The highest BCUT2D eigenvalue weighted by Crippen LogP contribution is 2.20. The van der Waals surface area contributed by atoms with Crippen LogP contribution >= 0.6 is 24.2 Å². The van der Waals surface area contributed by atoms with Gasteiger partial charge in [-0.05, 0) is 50.5 Å². The lowest BCUT2D eigenvalue weighted by molar-refractivity contribution is -0.117. The predicted octanol–water partition coefficient (Wildman–Crippen LogP) is 2.97. The van der Waals surface area contributed by atoms with Crippen molar-refractivity contribution in [2.75, 3.05) is 29.3 Å². The van der Waals surface area contributed by atoms with Crippen LogP contribution in [0.1, 0.15) is 20.3 Å². The van der Waals surface area contributed by atoms with Crippen LogP contribution in [-0.4, -0.2) is 37.0 Å². The lowest BCUT2D eigenvalue weighted by Crippen LogP contribution is -2.36. The molecule has 0 fully saturated rings. The largest absolute Gasteiger partial charge is 0.372 e. The first-order valence-corrected chi connectivity index (χ1v) is 8.23. The van der Waals surface area contributed by atoms with E-state index in [0.29, 0.717) is 12.5 Å². The van der Waals surface area contributed by atoms with E-state index in [-0.39, 0.29) is 18.3 Å². The SMILES string of the molecule is CSCC[C@H](N)C(=O)Nc1cccc(N(C)C(C)C)c1.Cl. The topological polar surface area (TPSA) is 58.4 Å². The van der Waals surface area contributed by atoms with Gasteiger partial charge in [-0.2, -0.15) is 11.8 Å². The van der Waals surface area contributed by atoms with Gasteiger partial charge in [-0.15, -0.1) is 12.4 Å². The molecule has 0 aliphatic heterocycles. The molecule has 1 aromatic rings. The molecule has 0 radical (unpaired) electrons. The third-order valence-corrected chi connectivity index (χ3v) is 3.91. The van der Waals surface area contributed by atoms with Gasteiger partial charge in [0.2, 0.25) is 5.91 Å². The van der Waals surface area contributed by atoms with Gasteiger partial charge in [0, 0.05) is 24.5 Å². The molecule has 1 aromatic carbocycles. The fourth-order valence-corrected chi connectivity index (χ4v) is 2.20. The number of carbonyl (C=O) groups is 1. The Morgan fingerprint density at radius 3 is 2.67 bits per heavy atom. The second-order valence-corrected chi connectivity index (χ2v) is 6.12. The van der Waals surface area contributed by atoms with E-state index in [9.17, 15) is 4.79 Å². The highest BCUT2D eigenvalue weighted by atomic mass is 35.5. The summed E-state index contributed by atoms with van der Waals surface area (Å²) in [5, 5.41) is 2.88. The number of hydrogen-bond acceptors (Lipinski definition) is 4. The average molecular weight is 332 g/mol. The third kappa shape index (κ3) is 6.59. The van der Waals surface area contributed by atoms with Gasteiger partial charge in [0.05, 0.1) is 6.04 Å². The number of anilines is 2. The molecule has 0 bridgehead atoms. The molecule has 4 nitrogen and oxygen atoms in total. The van der Waals surface area contributed by atoms with Gasteiger partial charge in [0.15, 0.2) is 0 Å². The van der Waals surface area contributed by atoms with E-state index in [1.54, 1.807) is 11.8 Å².